The average molecular weight is 466 g/mol. The molecule has 1 aliphatic heterocycles. The first kappa shape index (κ1) is 21.2. The fourth-order valence-corrected chi connectivity index (χ4v) is 3.75. The Morgan fingerprint density at radius 1 is 1.06 bits per heavy atom. The first-order valence-electron chi connectivity index (χ1n) is 9.85. The Morgan fingerprint density at radius 3 is 2.55 bits per heavy atom. The van der Waals surface area contributed by atoms with Crippen molar-refractivity contribution in [3.05, 3.63) is 48.1 Å². The van der Waals surface area contributed by atoms with Gasteiger partial charge in [0.25, 0.3) is 18.6 Å². The van der Waals surface area contributed by atoms with Gasteiger partial charge in [-0.25, -0.2) is 31.6 Å². The summed E-state index contributed by atoms with van der Waals surface area (Å²) in [6, 6.07) is 1.81. The molecule has 1 amide bonds. The number of hydrogen-bond acceptors (Lipinski definition) is 5. The van der Waals surface area contributed by atoms with Gasteiger partial charge in [-0.2, -0.15) is 5.10 Å². The normalized spacial score (nSPS) is 15.6. The molecule has 0 saturated carbocycles. The Balaban J connectivity index is 1.68. The van der Waals surface area contributed by atoms with Crippen molar-refractivity contribution >= 4 is 22.5 Å². The number of pyridine rings is 2. The number of carbonyl (C=O) groups is 1. The molecule has 8 nitrogen and oxygen atoms in total. The lowest BCUT2D eigenvalue weighted by Gasteiger charge is -2.26. The van der Waals surface area contributed by atoms with Gasteiger partial charge in [0, 0.05) is 36.9 Å². The molecule has 4 aromatic rings. The fourth-order valence-electron chi connectivity index (χ4n) is 3.75. The quantitative estimate of drug-likeness (QED) is 0.432. The monoisotopic (exact) mass is 466 g/mol. The van der Waals surface area contributed by atoms with Crippen LogP contribution >= 0.6 is 0 Å². The molecule has 5 rings (SSSR count). The fraction of sp³-hybridized carbons (Fsp3) is 0.300. The van der Waals surface area contributed by atoms with Crippen LogP contribution in [-0.2, 0) is 4.74 Å². The topological polar surface area (TPSA) is 77.6 Å². The van der Waals surface area contributed by atoms with E-state index in [0.717, 1.165) is 16.8 Å². The number of amides is 1. The van der Waals surface area contributed by atoms with Crippen molar-refractivity contribution in [1.29, 1.82) is 0 Å². The van der Waals surface area contributed by atoms with Gasteiger partial charge < -0.3 is 9.64 Å². The second kappa shape index (κ2) is 8.06. The molecule has 0 aromatic carbocycles. The summed E-state index contributed by atoms with van der Waals surface area (Å²) in [5, 5.41) is 4.05. The van der Waals surface area contributed by atoms with Crippen molar-refractivity contribution in [1.82, 2.24) is 29.0 Å². The van der Waals surface area contributed by atoms with Crippen LogP contribution in [0.5, 0.6) is 0 Å². The Hall–Kier alpha value is -3.61. The van der Waals surface area contributed by atoms with Crippen LogP contribution in [0.15, 0.2) is 30.7 Å². The number of fused-ring (bicyclic) bond motifs is 2. The highest BCUT2D eigenvalue weighted by Crippen LogP contribution is 2.33. The highest BCUT2D eigenvalue weighted by Gasteiger charge is 2.29. The lowest BCUT2D eigenvalue weighted by Crippen LogP contribution is -2.41. The van der Waals surface area contributed by atoms with Crippen molar-refractivity contribution in [3.63, 3.8) is 0 Å². The van der Waals surface area contributed by atoms with Crippen LogP contribution in [0.3, 0.4) is 0 Å². The van der Waals surface area contributed by atoms with Crippen LogP contribution in [0.1, 0.15) is 16.8 Å². The maximum absolute atomic E-state index is 14.4. The van der Waals surface area contributed by atoms with Crippen LogP contribution in [0.25, 0.3) is 27.9 Å². The highest BCUT2D eigenvalue weighted by atomic mass is 19.3. The zero-order valence-corrected chi connectivity index (χ0v) is 16.8. The van der Waals surface area contributed by atoms with Gasteiger partial charge in [-0.15, -0.1) is 0 Å². The molecule has 4 aromatic heterocycles. The molecule has 33 heavy (non-hydrogen) atoms. The molecular formula is C20H15F5N6O2. The van der Waals surface area contributed by atoms with E-state index < -0.39 is 30.3 Å². The van der Waals surface area contributed by atoms with Gasteiger partial charge in [0.2, 0.25) is 0 Å². The number of ether oxygens (including phenoxy) is 1. The van der Waals surface area contributed by atoms with Crippen molar-refractivity contribution < 1.29 is 31.5 Å². The minimum atomic E-state index is -3.41. The standard InChI is InChI=1S/C20H15F5N6O2/c21-10-5-12(22)19-27-8-15(30(19)9-10)16-11-7-26-13(20(32)29-1-3-33-4-2-29)6-14(11)31(28-16)18(25)17(23)24/h5-9,17-18H,1-4H2. The molecule has 1 aliphatic rings. The van der Waals surface area contributed by atoms with E-state index in [2.05, 4.69) is 15.1 Å². The van der Waals surface area contributed by atoms with Gasteiger partial charge in [-0.3, -0.25) is 14.2 Å². The molecule has 13 heteroatoms. The average Bonchev–Trinajstić information content (AvgIpc) is 3.39. The third-order valence-corrected chi connectivity index (χ3v) is 5.32. The van der Waals surface area contributed by atoms with Crippen LogP contribution in [0, 0.1) is 11.6 Å². The van der Waals surface area contributed by atoms with Crippen LogP contribution in [-0.4, -0.2) is 67.7 Å². The molecule has 1 unspecified atom stereocenters. The van der Waals surface area contributed by atoms with Crippen molar-refractivity contribution in [2.45, 2.75) is 12.7 Å². The Morgan fingerprint density at radius 2 is 1.82 bits per heavy atom. The van der Waals surface area contributed by atoms with Gasteiger partial charge in [0.15, 0.2) is 11.5 Å². The largest absolute Gasteiger partial charge is 0.378 e. The molecule has 1 atom stereocenters. The molecule has 0 N–H and O–H groups in total. The summed E-state index contributed by atoms with van der Waals surface area (Å²) in [5.74, 6) is -2.33. The number of hydrogen-bond donors (Lipinski definition) is 0. The summed E-state index contributed by atoms with van der Waals surface area (Å²) in [5.41, 5.74) is -0.497. The second-order valence-corrected chi connectivity index (χ2v) is 7.33. The van der Waals surface area contributed by atoms with Crippen molar-refractivity contribution in [3.8, 4) is 11.4 Å². The Kier molecular flexibility index (Phi) is 5.19. The highest BCUT2D eigenvalue weighted by molar-refractivity contribution is 5.99. The van der Waals surface area contributed by atoms with E-state index >= 15 is 0 Å². The molecule has 0 radical (unpaired) electrons. The van der Waals surface area contributed by atoms with E-state index in [1.54, 1.807) is 0 Å². The Bertz CT molecular complexity index is 1360. The minimum absolute atomic E-state index is 0.0303. The summed E-state index contributed by atoms with van der Waals surface area (Å²) < 4.78 is 75.5. The maximum Gasteiger partial charge on any atom is 0.289 e. The predicted molar refractivity (Wildman–Crippen MR) is 105 cm³/mol. The third kappa shape index (κ3) is 3.57. The molecule has 1 fully saturated rings. The van der Waals surface area contributed by atoms with E-state index in [9.17, 15) is 26.7 Å². The van der Waals surface area contributed by atoms with Crippen molar-refractivity contribution in [2.24, 2.45) is 0 Å². The molecule has 0 spiro atoms. The molecule has 172 valence electrons. The van der Waals surface area contributed by atoms with E-state index in [1.807, 2.05) is 0 Å². The van der Waals surface area contributed by atoms with E-state index in [-0.39, 0.29) is 33.6 Å². The number of aromatic nitrogens is 5. The molecular weight excluding hydrogens is 451 g/mol. The number of morpholine rings is 1. The van der Waals surface area contributed by atoms with E-state index in [0.29, 0.717) is 37.1 Å². The SMILES string of the molecule is O=C(c1cc2c(cn1)c(-c1cnc3c(F)cc(F)cn13)nn2C(F)C(F)F)N1CCOCC1. The Labute approximate surface area is 182 Å². The molecule has 1 saturated heterocycles. The zero-order valence-electron chi connectivity index (χ0n) is 16.8. The summed E-state index contributed by atoms with van der Waals surface area (Å²) in [6.45, 7) is 1.33. The number of nitrogens with zero attached hydrogens (tertiary/aromatic N) is 6. The van der Waals surface area contributed by atoms with Crippen LogP contribution in [0.2, 0.25) is 0 Å². The summed E-state index contributed by atoms with van der Waals surface area (Å²) in [6.07, 6.45) is -2.95. The number of carbonyl (C=O) groups excluding carboxylic acids is 1. The minimum Gasteiger partial charge on any atom is -0.378 e. The van der Waals surface area contributed by atoms with Gasteiger partial charge >= 0.3 is 0 Å². The first-order valence-corrected chi connectivity index (χ1v) is 9.85. The van der Waals surface area contributed by atoms with Gasteiger partial charge in [-0.05, 0) is 6.07 Å². The van der Waals surface area contributed by atoms with E-state index in [1.165, 1.54) is 17.2 Å². The summed E-state index contributed by atoms with van der Waals surface area (Å²) >= 11 is 0. The van der Waals surface area contributed by atoms with Gasteiger partial charge in [-0.1, -0.05) is 0 Å². The zero-order chi connectivity index (χ0) is 23.3. The third-order valence-electron chi connectivity index (χ3n) is 5.32. The van der Waals surface area contributed by atoms with Gasteiger partial charge in [0.05, 0.1) is 30.6 Å². The number of imidazole rings is 1. The maximum atomic E-state index is 14.4. The van der Waals surface area contributed by atoms with Gasteiger partial charge in [0.1, 0.15) is 17.2 Å². The number of halogens is 5. The molecule has 0 aliphatic carbocycles. The predicted octanol–water partition coefficient (Wildman–Crippen LogP) is 3.23. The summed E-state index contributed by atoms with van der Waals surface area (Å²) in [7, 11) is 0. The number of rotatable bonds is 4. The lowest BCUT2D eigenvalue weighted by atomic mass is 10.2. The van der Waals surface area contributed by atoms with E-state index in [4.69, 9.17) is 4.74 Å². The second-order valence-electron chi connectivity index (χ2n) is 7.33. The van der Waals surface area contributed by atoms with Crippen LogP contribution in [0.4, 0.5) is 22.0 Å². The number of alkyl halides is 3. The lowest BCUT2D eigenvalue weighted by molar-refractivity contribution is 0.00356. The first-order chi connectivity index (χ1) is 15.8. The molecule has 5 heterocycles. The van der Waals surface area contributed by atoms with Crippen molar-refractivity contribution in [2.75, 3.05) is 26.3 Å². The van der Waals surface area contributed by atoms with Crippen LogP contribution < -0.4 is 0 Å². The summed E-state index contributed by atoms with van der Waals surface area (Å²) in [4.78, 5) is 22.3. The molecule has 0 bridgehead atoms. The smallest absolute Gasteiger partial charge is 0.289 e.